The van der Waals surface area contributed by atoms with Crippen molar-refractivity contribution in [1.82, 2.24) is 10.3 Å². The van der Waals surface area contributed by atoms with Gasteiger partial charge >= 0.3 is 0 Å². The number of nitrogens with one attached hydrogen (secondary N) is 1. The van der Waals surface area contributed by atoms with Crippen molar-refractivity contribution in [2.45, 2.75) is 45.4 Å². The molecule has 2 aromatic rings. The zero-order valence-corrected chi connectivity index (χ0v) is 15.6. The fourth-order valence-electron chi connectivity index (χ4n) is 2.93. The number of aryl methyl sites for hydroxylation is 4. The smallest absolute Gasteiger partial charge is 0.251 e. The normalized spacial score (nSPS) is 13.0. The highest BCUT2D eigenvalue weighted by atomic mass is 35.5. The lowest BCUT2D eigenvalue weighted by Gasteiger charge is -2.08. The summed E-state index contributed by atoms with van der Waals surface area (Å²) < 4.78 is 0. The Hall–Kier alpha value is -1.59. The highest BCUT2D eigenvalue weighted by Gasteiger charge is 2.15. The lowest BCUT2D eigenvalue weighted by atomic mass is 10.0. The van der Waals surface area contributed by atoms with Crippen LogP contribution >= 0.6 is 23.7 Å². The third kappa shape index (κ3) is 4.48. The van der Waals surface area contributed by atoms with Crippen molar-refractivity contribution >= 4 is 35.3 Å². The molecule has 0 radical (unpaired) electrons. The highest BCUT2D eigenvalue weighted by Crippen LogP contribution is 2.27. The maximum absolute atomic E-state index is 12.2. The Balaban J connectivity index is 0.00000208. The Morgan fingerprint density at radius 3 is 2.92 bits per heavy atom. The second kappa shape index (κ2) is 8.49. The van der Waals surface area contributed by atoms with Gasteiger partial charge in [-0.25, -0.2) is 4.98 Å². The molecule has 3 rings (SSSR count). The predicted molar refractivity (Wildman–Crippen MR) is 102 cm³/mol. The van der Waals surface area contributed by atoms with E-state index >= 15 is 0 Å². The molecule has 0 saturated heterocycles. The molecule has 0 saturated carbocycles. The molecule has 1 aromatic carbocycles. The van der Waals surface area contributed by atoms with Crippen molar-refractivity contribution in [3.05, 3.63) is 44.9 Å². The third-order valence-corrected chi connectivity index (χ3v) is 5.47. The number of amides is 1. The number of fused-ring (bicyclic) bond motifs is 1. The Morgan fingerprint density at radius 1 is 1.33 bits per heavy atom. The molecular formula is C18H24ClN3OS. The van der Waals surface area contributed by atoms with Crippen LogP contribution in [0.5, 0.6) is 0 Å². The summed E-state index contributed by atoms with van der Waals surface area (Å²) in [5.74, 6) is -0.0479. The van der Waals surface area contributed by atoms with E-state index in [0.29, 0.717) is 17.8 Å². The molecule has 3 N–H and O–H groups in total. The number of halogens is 1. The van der Waals surface area contributed by atoms with E-state index in [1.54, 1.807) is 6.07 Å². The van der Waals surface area contributed by atoms with Crippen molar-refractivity contribution in [3.8, 4) is 0 Å². The molecular weight excluding hydrogens is 342 g/mol. The average molecular weight is 366 g/mol. The summed E-state index contributed by atoms with van der Waals surface area (Å²) in [7, 11) is 0. The van der Waals surface area contributed by atoms with Gasteiger partial charge in [-0.3, -0.25) is 4.79 Å². The summed E-state index contributed by atoms with van der Waals surface area (Å²) >= 11 is 1.85. The number of carbonyl (C=O) groups excluding carboxylic acids is 1. The van der Waals surface area contributed by atoms with Gasteiger partial charge in [-0.2, -0.15) is 0 Å². The number of benzene rings is 1. The molecule has 1 heterocycles. The van der Waals surface area contributed by atoms with Crippen LogP contribution < -0.4 is 11.1 Å². The molecule has 4 nitrogen and oxygen atoms in total. The van der Waals surface area contributed by atoms with Crippen LogP contribution in [0.25, 0.3) is 0 Å². The summed E-state index contributed by atoms with van der Waals surface area (Å²) in [5, 5.41) is 4.20. The number of thiazole rings is 1. The minimum Gasteiger partial charge on any atom is -0.399 e. The highest BCUT2D eigenvalue weighted by molar-refractivity contribution is 7.11. The number of nitrogens with zero attached hydrogens (tertiary/aromatic N) is 1. The van der Waals surface area contributed by atoms with Crippen LogP contribution in [0.4, 0.5) is 5.69 Å². The van der Waals surface area contributed by atoms with Crippen molar-refractivity contribution in [2.75, 3.05) is 12.3 Å². The van der Waals surface area contributed by atoms with Crippen LogP contribution in [0.3, 0.4) is 0 Å². The molecule has 0 unspecified atom stereocenters. The van der Waals surface area contributed by atoms with Gasteiger partial charge in [0.15, 0.2) is 0 Å². The lowest BCUT2D eigenvalue weighted by molar-refractivity contribution is 0.0952. The van der Waals surface area contributed by atoms with Gasteiger partial charge in [0.1, 0.15) is 0 Å². The molecule has 24 heavy (non-hydrogen) atoms. The van der Waals surface area contributed by atoms with E-state index in [4.69, 9.17) is 10.7 Å². The molecule has 6 heteroatoms. The Labute approximate surface area is 153 Å². The molecule has 1 aromatic heterocycles. The fourth-order valence-corrected chi connectivity index (χ4v) is 4.13. The molecule has 130 valence electrons. The van der Waals surface area contributed by atoms with Gasteiger partial charge in [-0.15, -0.1) is 23.7 Å². The summed E-state index contributed by atoms with van der Waals surface area (Å²) in [6.45, 7) is 2.59. The Kier molecular flexibility index (Phi) is 6.63. The third-order valence-electron chi connectivity index (χ3n) is 4.25. The zero-order valence-electron chi connectivity index (χ0n) is 13.9. The fraction of sp³-hybridized carbons (Fsp3) is 0.444. The minimum atomic E-state index is -0.0479. The molecule has 1 amide bonds. The summed E-state index contributed by atoms with van der Waals surface area (Å²) in [6, 6.07) is 5.43. The van der Waals surface area contributed by atoms with E-state index in [0.717, 1.165) is 24.8 Å². The molecule has 1 aliphatic rings. The topological polar surface area (TPSA) is 68.0 Å². The number of nitrogens with two attached hydrogens (primary N) is 1. The minimum absolute atomic E-state index is 0. The van der Waals surface area contributed by atoms with Gasteiger partial charge in [-0.05, 0) is 56.7 Å². The van der Waals surface area contributed by atoms with E-state index in [2.05, 4.69) is 5.32 Å². The standard InChI is InChI=1S/C18H23N3OS.ClH/c1-12-8-9-13(19)11-14(12)18(22)20-10-4-7-17-21-15-5-2-3-6-16(15)23-17;/h8-9,11H,2-7,10,19H2,1H3,(H,20,22);1H. The number of hydrogen-bond acceptors (Lipinski definition) is 4. The van der Waals surface area contributed by atoms with Crippen LogP contribution in [0.15, 0.2) is 18.2 Å². The SMILES string of the molecule is Cc1ccc(N)cc1C(=O)NCCCc1nc2c(s1)CCCC2.Cl. The number of carbonyl (C=O) groups is 1. The van der Waals surface area contributed by atoms with E-state index < -0.39 is 0 Å². The van der Waals surface area contributed by atoms with E-state index in [-0.39, 0.29) is 18.3 Å². The van der Waals surface area contributed by atoms with Gasteiger partial charge in [0.25, 0.3) is 5.91 Å². The summed E-state index contributed by atoms with van der Waals surface area (Å²) in [6.07, 6.45) is 6.75. The molecule has 0 fully saturated rings. The lowest BCUT2D eigenvalue weighted by Crippen LogP contribution is -2.25. The van der Waals surface area contributed by atoms with E-state index in [1.807, 2.05) is 30.4 Å². The first-order valence-electron chi connectivity index (χ1n) is 8.25. The Bertz CT molecular complexity index is 691. The molecule has 1 aliphatic carbocycles. The van der Waals surface area contributed by atoms with Crippen molar-refractivity contribution in [2.24, 2.45) is 0 Å². The first kappa shape index (κ1) is 18.7. The maximum atomic E-state index is 12.2. The number of rotatable bonds is 5. The van der Waals surface area contributed by atoms with E-state index in [1.165, 1.54) is 34.8 Å². The van der Waals surface area contributed by atoms with Crippen LogP contribution in [-0.4, -0.2) is 17.4 Å². The number of nitrogen functional groups attached to an aromatic ring is 1. The number of aromatic nitrogens is 1. The Morgan fingerprint density at radius 2 is 2.12 bits per heavy atom. The van der Waals surface area contributed by atoms with Crippen molar-refractivity contribution < 1.29 is 4.79 Å². The molecule has 0 spiro atoms. The van der Waals surface area contributed by atoms with Crippen LogP contribution in [0.1, 0.15) is 50.8 Å². The predicted octanol–water partition coefficient (Wildman–Crippen LogP) is 3.70. The number of anilines is 1. The van der Waals surface area contributed by atoms with Crippen LogP contribution in [0, 0.1) is 6.92 Å². The average Bonchev–Trinajstić information content (AvgIpc) is 2.96. The molecule has 0 bridgehead atoms. The van der Waals surface area contributed by atoms with Gasteiger partial charge in [-0.1, -0.05) is 6.07 Å². The molecule has 0 atom stereocenters. The maximum Gasteiger partial charge on any atom is 0.251 e. The second-order valence-corrected chi connectivity index (χ2v) is 7.29. The summed E-state index contributed by atoms with van der Waals surface area (Å²) in [5.41, 5.74) is 9.30. The van der Waals surface area contributed by atoms with Crippen molar-refractivity contribution in [3.63, 3.8) is 0 Å². The first-order chi connectivity index (χ1) is 11.1. The first-order valence-corrected chi connectivity index (χ1v) is 9.07. The van der Waals surface area contributed by atoms with Crippen LogP contribution in [0.2, 0.25) is 0 Å². The van der Waals surface area contributed by atoms with Gasteiger partial charge in [0.05, 0.1) is 10.7 Å². The quantitative estimate of drug-likeness (QED) is 0.627. The van der Waals surface area contributed by atoms with E-state index in [9.17, 15) is 4.79 Å². The van der Waals surface area contributed by atoms with Gasteiger partial charge < -0.3 is 11.1 Å². The largest absolute Gasteiger partial charge is 0.399 e. The number of hydrogen-bond donors (Lipinski definition) is 2. The van der Waals surface area contributed by atoms with Gasteiger partial charge in [0, 0.05) is 29.1 Å². The van der Waals surface area contributed by atoms with Crippen molar-refractivity contribution in [1.29, 1.82) is 0 Å². The molecule has 0 aliphatic heterocycles. The second-order valence-electron chi connectivity index (χ2n) is 6.12. The van der Waals surface area contributed by atoms with Gasteiger partial charge in [0.2, 0.25) is 0 Å². The zero-order chi connectivity index (χ0) is 16.2. The summed E-state index contributed by atoms with van der Waals surface area (Å²) in [4.78, 5) is 18.4. The monoisotopic (exact) mass is 365 g/mol. The van der Waals surface area contributed by atoms with Crippen LogP contribution in [-0.2, 0) is 19.3 Å².